The Morgan fingerprint density at radius 3 is 0.776 bits per heavy atom. The van der Waals surface area contributed by atoms with Gasteiger partial charge < -0.3 is 8.85 Å². The van der Waals surface area contributed by atoms with Crippen molar-refractivity contribution in [3.05, 3.63) is 240 Å². The maximum atomic E-state index is 16.1. The Labute approximate surface area is 337 Å². The molecule has 286 valence electrons. The predicted molar refractivity (Wildman–Crippen MR) is 228 cm³/mol. The van der Waals surface area contributed by atoms with Gasteiger partial charge >= 0.3 is 0 Å². The monoisotopic (exact) mass is 802 g/mol. The molecule has 2 nitrogen and oxygen atoms in total. The molecule has 10 rings (SSSR count). The number of hydrogen-bond donors (Lipinski definition) is 0. The van der Waals surface area contributed by atoms with Crippen molar-refractivity contribution in [2.24, 2.45) is 0 Å². The lowest BCUT2D eigenvalue weighted by Crippen LogP contribution is -2.69. The van der Waals surface area contributed by atoms with Crippen LogP contribution in [0.5, 0.6) is 0 Å². The van der Waals surface area contributed by atoms with Crippen LogP contribution in [0.1, 0.15) is 23.0 Å². The van der Waals surface area contributed by atoms with Gasteiger partial charge in [0, 0.05) is 23.0 Å². The average Bonchev–Trinajstić information content (AvgIpc) is 3.30. The van der Waals surface area contributed by atoms with Crippen molar-refractivity contribution in [3.63, 3.8) is 0 Å². The van der Waals surface area contributed by atoms with Crippen LogP contribution in [0.15, 0.2) is 205 Å². The van der Waals surface area contributed by atoms with Gasteiger partial charge in [-0.15, -0.1) is 0 Å². The molecule has 7 aromatic carbocycles. The van der Waals surface area contributed by atoms with E-state index >= 15 is 17.6 Å². The molecule has 0 saturated heterocycles. The van der Waals surface area contributed by atoms with E-state index in [9.17, 15) is 0 Å². The fourth-order valence-electron chi connectivity index (χ4n) is 8.86. The normalized spacial score (nSPS) is 16.1. The Kier molecular flexibility index (Phi) is 10.3. The fraction of sp³-hybridized carbons (Fsp3) is 0.0800. The van der Waals surface area contributed by atoms with E-state index in [1.807, 2.05) is 121 Å². The van der Waals surface area contributed by atoms with Crippen LogP contribution in [0, 0.1) is 23.3 Å². The smallest absolute Gasteiger partial charge is 0.288 e. The summed E-state index contributed by atoms with van der Waals surface area (Å²) in [6, 6.07) is 60.3. The number of rotatable bonds is 12. The molecule has 0 unspecified atom stereocenters. The summed E-state index contributed by atoms with van der Waals surface area (Å²) < 4.78 is 77.1. The van der Waals surface area contributed by atoms with Crippen LogP contribution in [0.4, 0.5) is 17.6 Å². The molecule has 58 heavy (non-hydrogen) atoms. The van der Waals surface area contributed by atoms with Crippen molar-refractivity contribution in [2.45, 2.75) is 11.8 Å². The molecule has 0 spiro atoms. The summed E-state index contributed by atoms with van der Waals surface area (Å²) >= 11 is 0. The highest BCUT2D eigenvalue weighted by molar-refractivity contribution is 7.07. The molecule has 0 aromatic heterocycles. The topological polar surface area (TPSA) is 18.5 Å². The highest BCUT2D eigenvalue weighted by Crippen LogP contribution is 2.51. The predicted octanol–water partition coefficient (Wildman–Crippen LogP) is 7.66. The summed E-state index contributed by atoms with van der Waals surface area (Å²) in [4.78, 5) is 0. The van der Waals surface area contributed by atoms with Gasteiger partial charge in [0.1, 0.15) is 0 Å². The minimum Gasteiger partial charge on any atom is -0.400 e. The number of allylic oxidation sites excluding steroid dienone is 2. The van der Waals surface area contributed by atoms with E-state index in [2.05, 4.69) is 72.8 Å². The SMILES string of the molecule is Fc1c(F)c(F)c2c(c1F)[C@@H]1C=C(CO[Si](c3ccccc3)(c3ccccc3)c3ccccc3)[C@H]2C=C1CO[Si](c1ccccc1)(c1ccccc1)c1ccccc1. The van der Waals surface area contributed by atoms with Crippen LogP contribution in [-0.4, -0.2) is 29.8 Å². The Hall–Kier alpha value is -5.91. The second-order valence-corrected chi connectivity index (χ2v) is 21.4. The molecule has 0 radical (unpaired) electrons. The van der Waals surface area contributed by atoms with Crippen molar-refractivity contribution in [2.75, 3.05) is 13.2 Å². The molecule has 3 aliphatic carbocycles. The molecule has 0 heterocycles. The summed E-state index contributed by atoms with van der Waals surface area (Å²) in [6.07, 6.45) is 3.70. The van der Waals surface area contributed by atoms with E-state index in [-0.39, 0.29) is 24.3 Å². The summed E-state index contributed by atoms with van der Waals surface area (Å²) in [5.41, 5.74) is 0.886. The quantitative estimate of drug-likeness (QED) is 0.0316. The van der Waals surface area contributed by atoms with Gasteiger partial charge in [0.05, 0.1) is 13.2 Å². The van der Waals surface area contributed by atoms with Crippen molar-refractivity contribution in [1.29, 1.82) is 0 Å². The molecule has 3 aliphatic rings. The van der Waals surface area contributed by atoms with Gasteiger partial charge in [0.25, 0.3) is 16.6 Å². The molecule has 8 heteroatoms. The second-order valence-electron chi connectivity index (χ2n) is 14.7. The van der Waals surface area contributed by atoms with Crippen LogP contribution in [0.2, 0.25) is 0 Å². The molecule has 0 saturated carbocycles. The van der Waals surface area contributed by atoms with Gasteiger partial charge in [-0.25, -0.2) is 17.6 Å². The molecule has 0 N–H and O–H groups in total. The largest absolute Gasteiger partial charge is 0.400 e. The van der Waals surface area contributed by atoms with Gasteiger partial charge in [-0.2, -0.15) is 0 Å². The Bertz CT molecular complexity index is 2230. The molecule has 0 aliphatic heterocycles. The number of hydrogen-bond acceptors (Lipinski definition) is 2. The summed E-state index contributed by atoms with van der Waals surface area (Å²) in [5.74, 6) is -8.27. The zero-order valence-corrected chi connectivity index (χ0v) is 33.4. The Morgan fingerprint density at radius 1 is 0.328 bits per heavy atom. The highest BCUT2D eigenvalue weighted by Gasteiger charge is 2.47. The van der Waals surface area contributed by atoms with Gasteiger partial charge in [-0.1, -0.05) is 194 Å². The van der Waals surface area contributed by atoms with Crippen LogP contribution in [0.25, 0.3) is 0 Å². The Morgan fingerprint density at radius 2 is 0.552 bits per heavy atom. The van der Waals surface area contributed by atoms with Gasteiger partial charge in [-0.05, 0) is 42.3 Å². The lowest BCUT2D eigenvalue weighted by atomic mass is 9.68. The number of benzene rings is 7. The first-order valence-electron chi connectivity index (χ1n) is 19.3. The summed E-state index contributed by atoms with van der Waals surface area (Å²) in [7, 11) is -6.45. The van der Waals surface area contributed by atoms with Gasteiger partial charge in [-0.3, -0.25) is 0 Å². The zero-order chi connectivity index (χ0) is 39.7. The molecular formula is C50H38F4O2Si2. The first-order chi connectivity index (χ1) is 28.4. The van der Waals surface area contributed by atoms with E-state index in [1.54, 1.807) is 0 Å². The molecule has 2 atom stereocenters. The summed E-state index contributed by atoms with van der Waals surface area (Å²) in [6.45, 7) is 0.0693. The lowest BCUT2D eigenvalue weighted by Gasteiger charge is -2.41. The van der Waals surface area contributed by atoms with Crippen molar-refractivity contribution < 1.29 is 26.4 Å². The average molecular weight is 803 g/mol. The number of halogens is 4. The highest BCUT2D eigenvalue weighted by atomic mass is 28.4. The van der Waals surface area contributed by atoms with Crippen molar-refractivity contribution >= 4 is 47.8 Å². The van der Waals surface area contributed by atoms with Crippen molar-refractivity contribution in [3.8, 4) is 0 Å². The standard InChI is InChI=1S/C50H38F4O2Si2/c51-47-45-43-32-36(34-56-58(40-25-13-4-14-26-40,41-27-15-5-16-28-41)42-29-17-6-18-30-42)44(46(45)48(52)50(54)49(47)53)31-35(43)33-55-57(37-19-7-1-8-20-37,38-21-9-2-10-22-38)39-23-11-3-12-24-39/h1-32,43-44H,33-34H2/t43-,44-/m1/s1. The zero-order valence-electron chi connectivity index (χ0n) is 31.4. The van der Waals surface area contributed by atoms with E-state index < -0.39 is 51.7 Å². The third-order valence-corrected chi connectivity index (χ3v) is 19.5. The van der Waals surface area contributed by atoms with Crippen molar-refractivity contribution in [1.82, 2.24) is 0 Å². The minimum atomic E-state index is -3.22. The van der Waals surface area contributed by atoms with E-state index in [0.29, 0.717) is 11.1 Å². The lowest BCUT2D eigenvalue weighted by molar-refractivity contribution is 0.333. The Balaban J connectivity index is 1.15. The fourth-order valence-corrected chi connectivity index (χ4v) is 16.6. The van der Waals surface area contributed by atoms with Crippen LogP contribution in [0.3, 0.4) is 0 Å². The third-order valence-electron chi connectivity index (χ3n) is 11.5. The molecular weight excluding hydrogens is 765 g/mol. The maximum absolute atomic E-state index is 16.1. The van der Waals surface area contributed by atoms with E-state index in [1.165, 1.54) is 0 Å². The van der Waals surface area contributed by atoms with Crippen LogP contribution in [-0.2, 0) is 8.85 Å². The first-order valence-corrected chi connectivity index (χ1v) is 23.1. The summed E-state index contributed by atoms with van der Waals surface area (Å²) in [5, 5.41) is 6.05. The van der Waals surface area contributed by atoms with Crippen LogP contribution < -0.4 is 31.1 Å². The molecule has 0 fully saturated rings. The van der Waals surface area contributed by atoms with Gasteiger partial charge in [0.2, 0.25) is 0 Å². The third kappa shape index (κ3) is 6.33. The van der Waals surface area contributed by atoms with E-state index in [0.717, 1.165) is 31.1 Å². The molecule has 0 amide bonds. The molecule has 2 bridgehead atoms. The first kappa shape index (κ1) is 37.7. The van der Waals surface area contributed by atoms with Gasteiger partial charge in [0.15, 0.2) is 23.3 Å². The second kappa shape index (κ2) is 15.8. The van der Waals surface area contributed by atoms with E-state index in [4.69, 9.17) is 8.85 Å². The van der Waals surface area contributed by atoms with Crippen LogP contribution >= 0.6 is 0 Å². The maximum Gasteiger partial charge on any atom is 0.288 e. The minimum absolute atomic E-state index is 0.0347. The molecule has 7 aromatic rings.